The third-order valence-electron chi connectivity index (χ3n) is 1.69. The van der Waals surface area contributed by atoms with Gasteiger partial charge in [0.15, 0.2) is 0 Å². The van der Waals surface area contributed by atoms with Crippen LogP contribution in [0, 0.1) is 0 Å². The minimum atomic E-state index is 0.269. The Morgan fingerprint density at radius 1 is 1.00 bits per heavy atom. The Bertz CT molecular complexity index is 231. The zero-order valence-corrected chi connectivity index (χ0v) is 7.11. The van der Waals surface area contributed by atoms with Crippen LogP contribution in [0.2, 0.25) is 0 Å². The van der Waals surface area contributed by atoms with Crippen LogP contribution in [0.25, 0.3) is 0 Å². The summed E-state index contributed by atoms with van der Waals surface area (Å²) >= 11 is 0. The maximum atomic E-state index is 8.64. The van der Waals surface area contributed by atoms with Crippen molar-refractivity contribution in [2.45, 2.75) is 12.8 Å². The molecule has 1 N–H and O–H groups in total. The maximum Gasteiger partial charge on any atom is 0.0434 e. The normalized spacial score (nSPS) is 15.6. The molecule has 0 aliphatic heterocycles. The Morgan fingerprint density at radius 3 is 2.58 bits per heavy atom. The molecular weight excluding hydrogens is 148 g/mol. The number of hydrogen-bond acceptors (Lipinski definition) is 1. The largest absolute Gasteiger partial charge is 0.396 e. The quantitative estimate of drug-likeness (QED) is 0.675. The van der Waals surface area contributed by atoms with E-state index in [2.05, 4.69) is 12.2 Å². The second kappa shape index (κ2) is 5.56. The number of allylic oxidation sites excluding steroid dienone is 8. The molecule has 0 amide bonds. The summed E-state index contributed by atoms with van der Waals surface area (Å²) in [6.07, 6.45) is 16.0. The average Bonchev–Trinajstić information content (AvgIpc) is 2.02. The van der Waals surface area contributed by atoms with Crippen LogP contribution in [0.1, 0.15) is 12.8 Å². The molecule has 1 aliphatic carbocycles. The van der Waals surface area contributed by atoms with Gasteiger partial charge in [-0.15, -0.1) is 0 Å². The summed E-state index contributed by atoms with van der Waals surface area (Å²) < 4.78 is 0. The van der Waals surface area contributed by atoms with Crippen molar-refractivity contribution in [2.24, 2.45) is 0 Å². The molecule has 0 aromatic heterocycles. The highest BCUT2D eigenvalue weighted by molar-refractivity contribution is 5.30. The van der Waals surface area contributed by atoms with E-state index in [1.165, 1.54) is 5.57 Å². The maximum absolute atomic E-state index is 8.64. The third kappa shape index (κ3) is 3.35. The van der Waals surface area contributed by atoms with E-state index in [0.29, 0.717) is 0 Å². The Morgan fingerprint density at radius 2 is 1.75 bits per heavy atom. The van der Waals surface area contributed by atoms with Gasteiger partial charge in [0.1, 0.15) is 0 Å². The van der Waals surface area contributed by atoms with Crippen LogP contribution in [0.3, 0.4) is 0 Å². The van der Waals surface area contributed by atoms with E-state index < -0.39 is 0 Å². The van der Waals surface area contributed by atoms with Gasteiger partial charge in [0.25, 0.3) is 0 Å². The predicted molar refractivity (Wildman–Crippen MR) is 51.8 cm³/mol. The van der Waals surface area contributed by atoms with Crippen molar-refractivity contribution in [1.29, 1.82) is 0 Å². The lowest BCUT2D eigenvalue weighted by molar-refractivity contribution is 0.289. The van der Waals surface area contributed by atoms with Crippen LogP contribution in [-0.2, 0) is 0 Å². The molecule has 0 fully saturated rings. The molecule has 0 bridgehead atoms. The van der Waals surface area contributed by atoms with E-state index in [1.54, 1.807) is 0 Å². The topological polar surface area (TPSA) is 20.2 Å². The van der Waals surface area contributed by atoms with Crippen molar-refractivity contribution in [1.82, 2.24) is 0 Å². The van der Waals surface area contributed by atoms with Gasteiger partial charge in [0.05, 0.1) is 0 Å². The van der Waals surface area contributed by atoms with Gasteiger partial charge < -0.3 is 5.11 Å². The highest BCUT2D eigenvalue weighted by Crippen LogP contribution is 2.08. The molecule has 0 aromatic rings. The van der Waals surface area contributed by atoms with Gasteiger partial charge in [0, 0.05) is 6.61 Å². The Kier molecular flexibility index (Phi) is 4.17. The summed E-state index contributed by atoms with van der Waals surface area (Å²) in [6, 6.07) is 0. The molecule has 1 heteroatoms. The Balaban J connectivity index is 2.50. The minimum Gasteiger partial charge on any atom is -0.396 e. The van der Waals surface area contributed by atoms with Gasteiger partial charge in [-0.05, 0) is 18.4 Å². The first-order chi connectivity index (χ1) is 5.93. The first-order valence-corrected chi connectivity index (χ1v) is 4.25. The second-order valence-corrected chi connectivity index (χ2v) is 2.70. The lowest BCUT2D eigenvalue weighted by atomic mass is 10.1. The van der Waals surface area contributed by atoms with Gasteiger partial charge in [-0.3, -0.25) is 0 Å². The second-order valence-electron chi connectivity index (χ2n) is 2.70. The van der Waals surface area contributed by atoms with Crippen molar-refractivity contribution in [3.8, 4) is 0 Å². The molecule has 0 saturated heterocycles. The van der Waals surface area contributed by atoms with E-state index in [-0.39, 0.29) is 6.61 Å². The molecule has 0 unspecified atom stereocenters. The summed E-state index contributed by atoms with van der Waals surface area (Å²) in [7, 11) is 0. The SMILES string of the molecule is OCCCC1=CC=CC=CC=C1. The highest BCUT2D eigenvalue weighted by Gasteiger charge is 1.90. The molecule has 64 valence electrons. The van der Waals surface area contributed by atoms with Gasteiger partial charge in [-0.2, -0.15) is 0 Å². The smallest absolute Gasteiger partial charge is 0.0434 e. The van der Waals surface area contributed by atoms with Crippen molar-refractivity contribution in [2.75, 3.05) is 6.61 Å². The van der Waals surface area contributed by atoms with Crippen LogP contribution >= 0.6 is 0 Å². The molecular formula is C11H14O. The van der Waals surface area contributed by atoms with Crippen LogP contribution < -0.4 is 0 Å². The molecule has 12 heavy (non-hydrogen) atoms. The average molecular weight is 162 g/mol. The highest BCUT2D eigenvalue weighted by atomic mass is 16.2. The van der Waals surface area contributed by atoms with E-state index >= 15 is 0 Å². The molecule has 0 saturated carbocycles. The van der Waals surface area contributed by atoms with Crippen LogP contribution in [-0.4, -0.2) is 11.7 Å². The van der Waals surface area contributed by atoms with E-state index in [9.17, 15) is 0 Å². The molecule has 0 radical (unpaired) electrons. The van der Waals surface area contributed by atoms with Gasteiger partial charge in [-0.1, -0.05) is 42.5 Å². The zero-order valence-electron chi connectivity index (χ0n) is 7.11. The third-order valence-corrected chi connectivity index (χ3v) is 1.69. The Labute approximate surface area is 73.4 Å². The lowest BCUT2D eigenvalue weighted by Gasteiger charge is -1.99. The van der Waals surface area contributed by atoms with Crippen LogP contribution in [0.4, 0.5) is 0 Å². The first kappa shape index (κ1) is 9.01. The number of aliphatic hydroxyl groups excluding tert-OH is 1. The van der Waals surface area contributed by atoms with Crippen molar-refractivity contribution in [3.05, 3.63) is 48.1 Å². The summed E-state index contributed by atoms with van der Waals surface area (Å²) in [6.45, 7) is 0.269. The molecule has 0 atom stereocenters. The molecule has 1 rings (SSSR count). The van der Waals surface area contributed by atoms with Crippen LogP contribution in [0.5, 0.6) is 0 Å². The van der Waals surface area contributed by atoms with E-state index in [4.69, 9.17) is 5.11 Å². The van der Waals surface area contributed by atoms with Crippen molar-refractivity contribution < 1.29 is 5.11 Å². The first-order valence-electron chi connectivity index (χ1n) is 4.25. The fraction of sp³-hybridized carbons (Fsp3) is 0.273. The summed E-state index contributed by atoms with van der Waals surface area (Å²) in [5.41, 5.74) is 1.27. The zero-order chi connectivity index (χ0) is 8.65. The standard InChI is InChI=1S/C11H14O/c12-10-6-9-11-7-4-2-1-3-5-8-11/h1-5,7-8,12H,6,9-10H2. The number of rotatable bonds is 3. The molecule has 0 aromatic carbocycles. The van der Waals surface area contributed by atoms with Crippen molar-refractivity contribution in [3.63, 3.8) is 0 Å². The minimum absolute atomic E-state index is 0.269. The number of aliphatic hydroxyl groups is 1. The van der Waals surface area contributed by atoms with Gasteiger partial charge in [-0.25, -0.2) is 0 Å². The number of hydrogen-bond donors (Lipinski definition) is 1. The van der Waals surface area contributed by atoms with Crippen LogP contribution in [0.15, 0.2) is 48.1 Å². The summed E-state index contributed by atoms with van der Waals surface area (Å²) in [5, 5.41) is 8.64. The lowest BCUT2D eigenvalue weighted by Crippen LogP contribution is -1.85. The van der Waals surface area contributed by atoms with Crippen molar-refractivity contribution >= 4 is 0 Å². The fourth-order valence-corrected chi connectivity index (χ4v) is 1.06. The molecule has 0 heterocycles. The summed E-state index contributed by atoms with van der Waals surface area (Å²) in [4.78, 5) is 0. The monoisotopic (exact) mass is 162 g/mol. The predicted octanol–water partition coefficient (Wildman–Crippen LogP) is 2.37. The van der Waals surface area contributed by atoms with E-state index in [1.807, 2.05) is 30.4 Å². The van der Waals surface area contributed by atoms with E-state index in [0.717, 1.165) is 12.8 Å². The van der Waals surface area contributed by atoms with Gasteiger partial charge in [0.2, 0.25) is 0 Å². The Hall–Kier alpha value is -1.08. The summed E-state index contributed by atoms with van der Waals surface area (Å²) in [5.74, 6) is 0. The molecule has 1 nitrogen and oxygen atoms in total. The fourth-order valence-electron chi connectivity index (χ4n) is 1.06. The van der Waals surface area contributed by atoms with Gasteiger partial charge >= 0.3 is 0 Å². The molecule has 0 spiro atoms. The molecule has 1 aliphatic rings.